The summed E-state index contributed by atoms with van der Waals surface area (Å²) in [7, 11) is 5.18. The van der Waals surface area contributed by atoms with Gasteiger partial charge >= 0.3 is 6.01 Å². The van der Waals surface area contributed by atoms with Gasteiger partial charge in [-0.1, -0.05) is 6.07 Å². The van der Waals surface area contributed by atoms with Crippen molar-refractivity contribution in [2.45, 2.75) is 13.8 Å². The number of hydrogen-bond donors (Lipinski definition) is 1. The highest BCUT2D eigenvalue weighted by molar-refractivity contribution is 6.05. The predicted octanol–water partition coefficient (Wildman–Crippen LogP) is 2.42. The topological polar surface area (TPSA) is 67.3 Å². The third-order valence-corrected chi connectivity index (χ3v) is 3.37. The van der Waals surface area contributed by atoms with Crippen molar-refractivity contribution in [1.82, 2.24) is 9.97 Å². The van der Waals surface area contributed by atoms with Crippen molar-refractivity contribution in [3.8, 4) is 6.01 Å². The molecule has 1 aromatic carbocycles. The first-order valence-electron chi connectivity index (χ1n) is 6.89. The molecule has 0 saturated carbocycles. The predicted molar refractivity (Wildman–Crippen MR) is 86.8 cm³/mol. The number of carbonyl (C=O) groups excluding carboxylic acids is 1. The van der Waals surface area contributed by atoms with Gasteiger partial charge in [0.1, 0.15) is 5.69 Å². The lowest BCUT2D eigenvalue weighted by Gasteiger charge is -2.17. The molecule has 0 radical (unpaired) electrons. The van der Waals surface area contributed by atoms with Crippen molar-refractivity contribution in [1.29, 1.82) is 0 Å². The van der Waals surface area contributed by atoms with Crippen molar-refractivity contribution >= 4 is 17.4 Å². The third-order valence-electron chi connectivity index (χ3n) is 3.37. The molecule has 0 fully saturated rings. The number of nitrogens with one attached hydrogen (secondary N) is 1. The zero-order valence-corrected chi connectivity index (χ0v) is 13.5. The Morgan fingerprint density at radius 2 is 1.95 bits per heavy atom. The summed E-state index contributed by atoms with van der Waals surface area (Å²) in [4.78, 5) is 22.5. The minimum Gasteiger partial charge on any atom is -0.467 e. The Morgan fingerprint density at radius 1 is 1.23 bits per heavy atom. The summed E-state index contributed by atoms with van der Waals surface area (Å²) in [6, 6.07) is 5.86. The monoisotopic (exact) mass is 300 g/mol. The highest BCUT2D eigenvalue weighted by Gasteiger charge is 2.14. The van der Waals surface area contributed by atoms with Crippen LogP contribution in [0.15, 0.2) is 24.4 Å². The van der Waals surface area contributed by atoms with Gasteiger partial charge in [-0.05, 0) is 37.1 Å². The molecule has 0 bridgehead atoms. The maximum Gasteiger partial charge on any atom is 0.318 e. The molecule has 6 heteroatoms. The average Bonchev–Trinajstić information content (AvgIpc) is 2.50. The fraction of sp³-hybridized carbons (Fsp3) is 0.312. The summed E-state index contributed by atoms with van der Waals surface area (Å²) in [5, 5.41) is 2.84. The van der Waals surface area contributed by atoms with E-state index < -0.39 is 0 Å². The minimum atomic E-state index is -0.194. The summed E-state index contributed by atoms with van der Waals surface area (Å²) in [5.41, 5.74) is 3.36. The molecule has 6 nitrogen and oxygen atoms in total. The molecule has 0 unspecified atom stereocenters. The number of aryl methyl sites for hydroxylation is 2. The standard InChI is InChI=1S/C16H20N4O2/c1-10-6-7-12(8-11(10)2)15(21)18-13-9-17-16(22-5)19-14(13)20(3)4/h6-9H,1-5H3,(H,18,21). The number of aromatic nitrogens is 2. The molecule has 0 spiro atoms. The lowest BCUT2D eigenvalue weighted by molar-refractivity contribution is 0.102. The number of anilines is 2. The maximum atomic E-state index is 12.4. The first-order chi connectivity index (χ1) is 10.4. The van der Waals surface area contributed by atoms with Gasteiger partial charge in [0.05, 0.1) is 13.3 Å². The molecule has 0 aliphatic carbocycles. The molecule has 1 heterocycles. The minimum absolute atomic E-state index is 0.194. The van der Waals surface area contributed by atoms with Gasteiger partial charge < -0.3 is 15.0 Å². The smallest absolute Gasteiger partial charge is 0.318 e. The number of benzene rings is 1. The van der Waals surface area contributed by atoms with E-state index in [4.69, 9.17) is 4.74 Å². The normalized spacial score (nSPS) is 10.2. The molecule has 116 valence electrons. The van der Waals surface area contributed by atoms with Crippen LogP contribution in [-0.2, 0) is 0 Å². The first-order valence-corrected chi connectivity index (χ1v) is 6.89. The Labute approximate surface area is 130 Å². The Morgan fingerprint density at radius 3 is 2.55 bits per heavy atom. The van der Waals surface area contributed by atoms with E-state index in [0.717, 1.165) is 11.1 Å². The van der Waals surface area contributed by atoms with Crippen LogP contribution in [0, 0.1) is 13.8 Å². The second kappa shape index (κ2) is 6.43. The zero-order valence-electron chi connectivity index (χ0n) is 13.5. The highest BCUT2D eigenvalue weighted by atomic mass is 16.5. The largest absolute Gasteiger partial charge is 0.467 e. The maximum absolute atomic E-state index is 12.4. The van der Waals surface area contributed by atoms with Crippen LogP contribution in [-0.4, -0.2) is 37.1 Å². The summed E-state index contributed by atoms with van der Waals surface area (Å²) < 4.78 is 5.02. The van der Waals surface area contributed by atoms with Gasteiger partial charge in [0.25, 0.3) is 5.91 Å². The second-order valence-electron chi connectivity index (χ2n) is 5.24. The van der Waals surface area contributed by atoms with Crippen molar-refractivity contribution in [3.63, 3.8) is 0 Å². The van der Waals surface area contributed by atoms with E-state index >= 15 is 0 Å². The van der Waals surface area contributed by atoms with E-state index in [9.17, 15) is 4.79 Å². The van der Waals surface area contributed by atoms with Crippen LogP contribution in [0.5, 0.6) is 6.01 Å². The fourth-order valence-electron chi connectivity index (χ4n) is 1.96. The highest BCUT2D eigenvalue weighted by Crippen LogP contribution is 2.23. The molecule has 0 aliphatic rings. The Balaban J connectivity index is 2.29. The number of ether oxygens (including phenoxy) is 1. The molecular weight excluding hydrogens is 280 g/mol. The molecular formula is C16H20N4O2. The number of hydrogen-bond acceptors (Lipinski definition) is 5. The lowest BCUT2D eigenvalue weighted by Crippen LogP contribution is -2.18. The second-order valence-corrected chi connectivity index (χ2v) is 5.24. The van der Waals surface area contributed by atoms with E-state index in [1.54, 1.807) is 17.2 Å². The number of carbonyl (C=O) groups is 1. The van der Waals surface area contributed by atoms with Crippen LogP contribution in [0.4, 0.5) is 11.5 Å². The first kappa shape index (κ1) is 15.8. The lowest BCUT2D eigenvalue weighted by atomic mass is 10.1. The van der Waals surface area contributed by atoms with Crippen LogP contribution >= 0.6 is 0 Å². The summed E-state index contributed by atoms with van der Waals surface area (Å²) in [6.45, 7) is 3.99. The van der Waals surface area contributed by atoms with Gasteiger partial charge in [-0.15, -0.1) is 0 Å². The number of rotatable bonds is 4. The summed E-state index contributed by atoms with van der Waals surface area (Å²) in [5.74, 6) is 0.393. The van der Waals surface area contributed by atoms with E-state index in [2.05, 4.69) is 15.3 Å². The van der Waals surface area contributed by atoms with Crippen LogP contribution in [0.25, 0.3) is 0 Å². The molecule has 2 rings (SSSR count). The van der Waals surface area contributed by atoms with E-state index in [-0.39, 0.29) is 11.9 Å². The van der Waals surface area contributed by atoms with Crippen LogP contribution in [0.3, 0.4) is 0 Å². The summed E-state index contributed by atoms with van der Waals surface area (Å²) in [6.07, 6.45) is 1.54. The van der Waals surface area contributed by atoms with E-state index in [0.29, 0.717) is 17.1 Å². The van der Waals surface area contributed by atoms with Gasteiger partial charge in [-0.3, -0.25) is 4.79 Å². The van der Waals surface area contributed by atoms with Crippen LogP contribution < -0.4 is 15.0 Å². The zero-order chi connectivity index (χ0) is 16.3. The van der Waals surface area contributed by atoms with Gasteiger partial charge in [0, 0.05) is 19.7 Å². The van der Waals surface area contributed by atoms with Crippen LogP contribution in [0.1, 0.15) is 21.5 Å². The van der Waals surface area contributed by atoms with E-state index in [1.807, 2.05) is 40.1 Å². The molecule has 0 atom stereocenters. The fourth-order valence-corrected chi connectivity index (χ4v) is 1.96. The van der Waals surface area contributed by atoms with Gasteiger partial charge in [-0.25, -0.2) is 4.98 Å². The number of nitrogens with zero attached hydrogens (tertiary/aromatic N) is 3. The van der Waals surface area contributed by atoms with Crippen molar-refractivity contribution in [2.75, 3.05) is 31.4 Å². The van der Waals surface area contributed by atoms with Crippen molar-refractivity contribution in [3.05, 3.63) is 41.1 Å². The Kier molecular flexibility index (Phi) is 4.60. The van der Waals surface area contributed by atoms with Gasteiger partial charge in [-0.2, -0.15) is 4.98 Å². The Bertz CT molecular complexity index is 699. The van der Waals surface area contributed by atoms with Crippen molar-refractivity contribution in [2.24, 2.45) is 0 Å². The summed E-state index contributed by atoms with van der Waals surface area (Å²) >= 11 is 0. The molecule has 2 aromatic rings. The molecule has 1 N–H and O–H groups in total. The number of amides is 1. The Hall–Kier alpha value is -2.63. The molecule has 0 saturated heterocycles. The van der Waals surface area contributed by atoms with Crippen molar-refractivity contribution < 1.29 is 9.53 Å². The SMILES string of the molecule is COc1ncc(NC(=O)c2ccc(C)c(C)c2)c(N(C)C)n1. The average molecular weight is 300 g/mol. The number of methoxy groups -OCH3 is 1. The molecule has 22 heavy (non-hydrogen) atoms. The van der Waals surface area contributed by atoms with E-state index in [1.165, 1.54) is 7.11 Å². The van der Waals surface area contributed by atoms with Gasteiger partial charge in [0.2, 0.25) is 0 Å². The quantitative estimate of drug-likeness (QED) is 0.939. The third kappa shape index (κ3) is 3.33. The van der Waals surface area contributed by atoms with Gasteiger partial charge in [0.15, 0.2) is 5.82 Å². The molecule has 1 aromatic heterocycles. The molecule has 1 amide bonds. The molecule has 0 aliphatic heterocycles. The van der Waals surface area contributed by atoms with Crippen LogP contribution in [0.2, 0.25) is 0 Å².